The molecule has 0 atom stereocenters. The van der Waals surface area contributed by atoms with Gasteiger partial charge in [-0.2, -0.15) is 16.4 Å². The number of aryl methyl sites for hydroxylation is 1. The molecule has 0 saturated heterocycles. The van der Waals surface area contributed by atoms with E-state index in [0.29, 0.717) is 6.42 Å². The molecule has 3 N–H and O–H groups in total. The maximum Gasteiger partial charge on any atom is 0.224 e. The van der Waals surface area contributed by atoms with Crippen LogP contribution in [0.1, 0.15) is 32.3 Å². The van der Waals surface area contributed by atoms with E-state index in [9.17, 15) is 4.79 Å². The van der Waals surface area contributed by atoms with Crippen LogP contribution in [0.15, 0.2) is 71.4 Å². The van der Waals surface area contributed by atoms with Gasteiger partial charge in [-0.15, -0.1) is 0 Å². The Balaban J connectivity index is 1.43. The number of nitrogens with one attached hydrogen (secondary N) is 3. The van der Waals surface area contributed by atoms with Gasteiger partial charge in [0.2, 0.25) is 5.91 Å². The van der Waals surface area contributed by atoms with E-state index in [0.717, 1.165) is 68.7 Å². The zero-order chi connectivity index (χ0) is 25.4. The highest BCUT2D eigenvalue weighted by Crippen LogP contribution is 2.34. The fourth-order valence-corrected chi connectivity index (χ4v) is 5.41. The predicted molar refractivity (Wildman–Crippen MR) is 153 cm³/mol. The van der Waals surface area contributed by atoms with Gasteiger partial charge in [0.05, 0.1) is 16.6 Å². The quantitative estimate of drug-likeness (QED) is 0.207. The van der Waals surface area contributed by atoms with Gasteiger partial charge in [-0.3, -0.25) is 9.89 Å². The number of benzene rings is 3. The number of hydrogen-bond acceptors (Lipinski definition) is 4. The van der Waals surface area contributed by atoms with Gasteiger partial charge in [0.25, 0.3) is 0 Å². The first-order valence-electron chi connectivity index (χ1n) is 12.6. The Bertz CT molecular complexity index is 1730. The van der Waals surface area contributed by atoms with E-state index in [1.54, 1.807) is 11.3 Å². The van der Waals surface area contributed by atoms with Crippen molar-refractivity contribution < 1.29 is 4.79 Å². The average Bonchev–Trinajstić information content (AvgIpc) is 3.67. The highest BCUT2D eigenvalue weighted by Gasteiger charge is 2.16. The average molecular weight is 506 g/mol. The van der Waals surface area contributed by atoms with Crippen molar-refractivity contribution in [2.45, 2.75) is 33.1 Å². The van der Waals surface area contributed by atoms with Crippen molar-refractivity contribution in [2.75, 3.05) is 5.32 Å². The molecule has 0 spiro atoms. The van der Waals surface area contributed by atoms with E-state index in [4.69, 9.17) is 4.98 Å². The van der Waals surface area contributed by atoms with Gasteiger partial charge in [-0.1, -0.05) is 38.1 Å². The van der Waals surface area contributed by atoms with Crippen LogP contribution in [0, 0.1) is 0 Å². The molecule has 3 aromatic heterocycles. The third kappa shape index (κ3) is 4.42. The van der Waals surface area contributed by atoms with Crippen molar-refractivity contribution >= 4 is 44.9 Å². The second-order valence-corrected chi connectivity index (χ2v) is 9.98. The molecular weight excluding hydrogens is 478 g/mol. The first-order chi connectivity index (χ1) is 18.1. The maximum atomic E-state index is 12.2. The molecule has 3 aromatic carbocycles. The monoisotopic (exact) mass is 505 g/mol. The fraction of sp³-hybridized carbons (Fsp3) is 0.167. The number of thiophene rings is 1. The molecular formula is C30H27N5OS. The summed E-state index contributed by atoms with van der Waals surface area (Å²) in [5, 5.41) is 16.1. The lowest BCUT2D eigenvalue weighted by molar-refractivity contribution is -0.116. The maximum absolute atomic E-state index is 12.2. The van der Waals surface area contributed by atoms with Crippen LogP contribution in [0.2, 0.25) is 0 Å². The molecule has 0 aliphatic rings. The van der Waals surface area contributed by atoms with E-state index in [2.05, 4.69) is 86.7 Å². The molecule has 0 saturated carbocycles. The predicted octanol–water partition coefficient (Wildman–Crippen LogP) is 7.80. The van der Waals surface area contributed by atoms with Crippen molar-refractivity contribution in [1.29, 1.82) is 0 Å². The number of carbonyl (C=O) groups excluding carboxylic acids is 1. The summed E-state index contributed by atoms with van der Waals surface area (Å²) in [4.78, 5) is 20.7. The first-order valence-corrected chi connectivity index (χ1v) is 13.5. The molecule has 1 amide bonds. The second kappa shape index (κ2) is 9.67. The van der Waals surface area contributed by atoms with Crippen LogP contribution in [0.4, 0.5) is 5.69 Å². The molecule has 6 aromatic rings. The molecule has 37 heavy (non-hydrogen) atoms. The third-order valence-electron chi connectivity index (χ3n) is 6.63. The molecule has 3 heterocycles. The van der Waals surface area contributed by atoms with E-state index < -0.39 is 0 Å². The van der Waals surface area contributed by atoms with E-state index in [-0.39, 0.29) is 5.91 Å². The number of aromatic nitrogens is 4. The summed E-state index contributed by atoms with van der Waals surface area (Å²) in [7, 11) is 0. The number of H-pyrrole nitrogens is 2. The van der Waals surface area contributed by atoms with Crippen LogP contribution in [-0.2, 0) is 11.2 Å². The number of amides is 1. The topological polar surface area (TPSA) is 86.5 Å². The standard InChI is InChI=1S/C30H27N5OS/c1-3-6-27(36)31-22-14-18(4-2)13-21(15-22)19-9-10-25-24(16-19)29(35-34-25)30-32-26-8-5-7-23(28(26)33-30)20-11-12-37-17-20/h5,7-17H,3-4,6H2,1-2H3,(H,31,36)(H,32,33)(H,34,35). The number of rotatable bonds is 7. The second-order valence-electron chi connectivity index (χ2n) is 9.20. The molecule has 184 valence electrons. The van der Waals surface area contributed by atoms with Gasteiger partial charge in [0.1, 0.15) is 5.69 Å². The van der Waals surface area contributed by atoms with Gasteiger partial charge < -0.3 is 10.3 Å². The highest BCUT2D eigenvalue weighted by atomic mass is 32.1. The Morgan fingerprint density at radius 1 is 0.973 bits per heavy atom. The number of hydrogen-bond donors (Lipinski definition) is 3. The van der Waals surface area contributed by atoms with Crippen LogP contribution in [-0.4, -0.2) is 26.1 Å². The van der Waals surface area contributed by atoms with Crippen molar-refractivity contribution in [3.05, 3.63) is 77.0 Å². The summed E-state index contributed by atoms with van der Waals surface area (Å²) in [6, 6.07) is 20.9. The number of para-hydroxylation sites is 1. The fourth-order valence-electron chi connectivity index (χ4n) is 4.75. The van der Waals surface area contributed by atoms with Gasteiger partial charge in [0, 0.05) is 23.1 Å². The zero-order valence-corrected chi connectivity index (χ0v) is 21.6. The van der Waals surface area contributed by atoms with Gasteiger partial charge >= 0.3 is 0 Å². The minimum atomic E-state index is 0.0426. The molecule has 0 aliphatic carbocycles. The summed E-state index contributed by atoms with van der Waals surface area (Å²) in [5.74, 6) is 0.775. The number of imidazole rings is 1. The van der Waals surface area contributed by atoms with Gasteiger partial charge in [-0.05, 0) is 82.3 Å². The third-order valence-corrected chi connectivity index (χ3v) is 7.31. The molecule has 0 unspecified atom stereocenters. The normalized spacial score (nSPS) is 11.4. The lowest BCUT2D eigenvalue weighted by Gasteiger charge is -2.11. The summed E-state index contributed by atoms with van der Waals surface area (Å²) >= 11 is 1.68. The van der Waals surface area contributed by atoms with E-state index >= 15 is 0 Å². The molecule has 6 rings (SSSR count). The minimum absolute atomic E-state index is 0.0426. The van der Waals surface area contributed by atoms with Gasteiger partial charge in [-0.25, -0.2) is 4.98 Å². The van der Waals surface area contributed by atoms with Crippen molar-refractivity contribution in [3.63, 3.8) is 0 Å². The summed E-state index contributed by atoms with van der Waals surface area (Å²) in [5.41, 5.74) is 10.1. The SMILES string of the molecule is CCCC(=O)Nc1cc(CC)cc(-c2ccc3[nH]nc(-c4nc5c(-c6ccsc6)cccc5[nH]4)c3c2)c1. The largest absolute Gasteiger partial charge is 0.337 e. The minimum Gasteiger partial charge on any atom is -0.337 e. The number of fused-ring (bicyclic) bond motifs is 2. The Labute approximate surface area is 218 Å². The Morgan fingerprint density at radius 2 is 1.89 bits per heavy atom. The zero-order valence-electron chi connectivity index (χ0n) is 20.8. The number of anilines is 1. The molecule has 0 bridgehead atoms. The Kier molecular flexibility index (Phi) is 6.06. The van der Waals surface area contributed by atoms with Crippen LogP contribution in [0.3, 0.4) is 0 Å². The van der Waals surface area contributed by atoms with Crippen molar-refractivity contribution in [3.8, 4) is 33.8 Å². The van der Waals surface area contributed by atoms with Crippen molar-refractivity contribution in [1.82, 2.24) is 20.2 Å². The number of nitrogens with zero attached hydrogens (tertiary/aromatic N) is 2. The van der Waals surface area contributed by atoms with Crippen molar-refractivity contribution in [2.24, 2.45) is 0 Å². The lowest BCUT2D eigenvalue weighted by Crippen LogP contribution is -2.10. The van der Waals surface area contributed by atoms with Crippen LogP contribution < -0.4 is 5.32 Å². The Hall–Kier alpha value is -4.23. The van der Waals surface area contributed by atoms with E-state index in [1.807, 2.05) is 19.1 Å². The Morgan fingerprint density at radius 3 is 2.70 bits per heavy atom. The summed E-state index contributed by atoms with van der Waals surface area (Å²) < 4.78 is 0. The van der Waals surface area contributed by atoms with E-state index in [1.165, 1.54) is 11.1 Å². The van der Waals surface area contributed by atoms with Crippen LogP contribution in [0.5, 0.6) is 0 Å². The van der Waals surface area contributed by atoms with Crippen LogP contribution in [0.25, 0.3) is 55.7 Å². The first kappa shape index (κ1) is 23.2. The number of carbonyl (C=O) groups is 1. The summed E-state index contributed by atoms with van der Waals surface area (Å²) in [6.45, 7) is 4.14. The van der Waals surface area contributed by atoms with Gasteiger partial charge in [0.15, 0.2) is 5.82 Å². The molecule has 0 aliphatic heterocycles. The molecule has 0 fully saturated rings. The molecule has 6 nitrogen and oxygen atoms in total. The number of aromatic amines is 2. The molecule has 0 radical (unpaired) electrons. The molecule has 7 heteroatoms. The van der Waals surface area contributed by atoms with Crippen LogP contribution >= 0.6 is 11.3 Å². The lowest BCUT2D eigenvalue weighted by atomic mass is 9.99. The smallest absolute Gasteiger partial charge is 0.224 e. The highest BCUT2D eigenvalue weighted by molar-refractivity contribution is 7.08. The summed E-state index contributed by atoms with van der Waals surface area (Å²) in [6.07, 6.45) is 2.22.